The Hall–Kier alpha value is -1.83. The van der Waals surface area contributed by atoms with Crippen molar-refractivity contribution < 1.29 is 13.9 Å². The Morgan fingerprint density at radius 2 is 2.08 bits per heavy atom. The number of ether oxygens (including phenoxy) is 1. The maximum Gasteiger partial charge on any atom is 0.277 e. The lowest BCUT2D eigenvalue weighted by molar-refractivity contribution is -0.123. The van der Waals surface area contributed by atoms with Crippen molar-refractivity contribution in [2.24, 2.45) is 5.10 Å². The second-order valence-electron chi connectivity index (χ2n) is 6.47. The molecule has 2 rings (SSSR count). The van der Waals surface area contributed by atoms with Crippen LogP contribution in [-0.2, 0) is 10.2 Å². The molecule has 1 heterocycles. The molecule has 2 aromatic rings. The van der Waals surface area contributed by atoms with Crippen LogP contribution in [0.25, 0.3) is 0 Å². The second-order valence-corrected chi connectivity index (χ2v) is 7.54. The molecular formula is C18H21IN2O3. The van der Waals surface area contributed by atoms with Gasteiger partial charge in [0.25, 0.3) is 5.91 Å². The van der Waals surface area contributed by atoms with Crippen LogP contribution in [0.1, 0.15) is 37.7 Å². The lowest BCUT2D eigenvalue weighted by atomic mass is 9.85. The van der Waals surface area contributed by atoms with Gasteiger partial charge in [-0.1, -0.05) is 38.5 Å². The number of halogens is 1. The fourth-order valence-corrected chi connectivity index (χ4v) is 2.53. The van der Waals surface area contributed by atoms with E-state index >= 15 is 0 Å². The molecule has 0 saturated carbocycles. The van der Waals surface area contributed by atoms with Gasteiger partial charge >= 0.3 is 0 Å². The molecule has 0 saturated heterocycles. The van der Waals surface area contributed by atoms with Gasteiger partial charge in [0.05, 0.1) is 6.21 Å². The van der Waals surface area contributed by atoms with E-state index in [4.69, 9.17) is 9.15 Å². The highest BCUT2D eigenvalue weighted by Gasteiger charge is 2.19. The van der Waals surface area contributed by atoms with Gasteiger partial charge in [0.1, 0.15) is 11.5 Å². The van der Waals surface area contributed by atoms with Gasteiger partial charge in [0.15, 0.2) is 10.4 Å². The van der Waals surface area contributed by atoms with Gasteiger partial charge in [0.2, 0.25) is 0 Å². The number of benzene rings is 1. The van der Waals surface area contributed by atoms with Gasteiger partial charge in [-0.05, 0) is 58.7 Å². The van der Waals surface area contributed by atoms with Gasteiger partial charge < -0.3 is 9.15 Å². The molecule has 0 atom stereocenters. The van der Waals surface area contributed by atoms with Crippen LogP contribution >= 0.6 is 22.6 Å². The lowest BCUT2D eigenvalue weighted by Crippen LogP contribution is -2.25. The average molecular weight is 440 g/mol. The molecule has 1 N–H and O–H groups in total. The highest BCUT2D eigenvalue weighted by Crippen LogP contribution is 2.32. The van der Waals surface area contributed by atoms with E-state index in [2.05, 4.69) is 60.0 Å². The van der Waals surface area contributed by atoms with E-state index in [-0.39, 0.29) is 17.9 Å². The third-order valence-electron chi connectivity index (χ3n) is 3.28. The minimum Gasteiger partial charge on any atom is -0.483 e. The highest BCUT2D eigenvalue weighted by molar-refractivity contribution is 14.1. The van der Waals surface area contributed by atoms with E-state index in [0.29, 0.717) is 11.5 Å². The summed E-state index contributed by atoms with van der Waals surface area (Å²) < 4.78 is 11.8. The van der Waals surface area contributed by atoms with E-state index in [1.807, 2.05) is 25.1 Å². The number of hydrazone groups is 1. The van der Waals surface area contributed by atoms with Crippen molar-refractivity contribution >= 4 is 34.7 Å². The number of rotatable bonds is 5. The zero-order chi connectivity index (χ0) is 17.7. The Morgan fingerprint density at radius 1 is 1.33 bits per heavy atom. The van der Waals surface area contributed by atoms with Crippen molar-refractivity contribution in [1.29, 1.82) is 0 Å². The van der Waals surface area contributed by atoms with Crippen molar-refractivity contribution in [3.63, 3.8) is 0 Å². The summed E-state index contributed by atoms with van der Waals surface area (Å²) in [5.74, 6) is 0.968. The average Bonchev–Trinajstić information content (AvgIpc) is 2.90. The summed E-state index contributed by atoms with van der Waals surface area (Å²) in [4.78, 5) is 11.9. The van der Waals surface area contributed by atoms with Crippen LogP contribution in [0.2, 0.25) is 0 Å². The number of hydrogen-bond acceptors (Lipinski definition) is 4. The first-order valence-corrected chi connectivity index (χ1v) is 8.65. The van der Waals surface area contributed by atoms with Crippen LogP contribution in [0.4, 0.5) is 0 Å². The predicted molar refractivity (Wildman–Crippen MR) is 103 cm³/mol. The fourth-order valence-electron chi connectivity index (χ4n) is 2.10. The van der Waals surface area contributed by atoms with Crippen LogP contribution in [0, 0.1) is 10.7 Å². The van der Waals surface area contributed by atoms with E-state index in [0.717, 1.165) is 14.9 Å². The van der Waals surface area contributed by atoms with Crippen LogP contribution < -0.4 is 10.2 Å². The summed E-state index contributed by atoms with van der Waals surface area (Å²) in [7, 11) is 0. The normalized spacial score (nSPS) is 11.7. The summed E-state index contributed by atoms with van der Waals surface area (Å²) in [6.07, 6.45) is 1.45. The molecular weight excluding hydrogens is 419 g/mol. The molecule has 1 aromatic carbocycles. The number of aryl methyl sites for hydroxylation is 1. The summed E-state index contributed by atoms with van der Waals surface area (Å²) in [6, 6.07) is 9.55. The van der Waals surface area contributed by atoms with Crippen molar-refractivity contribution in [3.8, 4) is 5.75 Å². The fraction of sp³-hybridized carbons (Fsp3) is 0.333. The number of nitrogens with one attached hydrogen (secondary N) is 1. The monoisotopic (exact) mass is 440 g/mol. The molecule has 128 valence electrons. The Balaban J connectivity index is 1.93. The van der Waals surface area contributed by atoms with Gasteiger partial charge in [-0.3, -0.25) is 4.79 Å². The van der Waals surface area contributed by atoms with E-state index < -0.39 is 0 Å². The molecule has 24 heavy (non-hydrogen) atoms. The number of hydrogen-bond donors (Lipinski definition) is 1. The smallest absolute Gasteiger partial charge is 0.277 e. The molecule has 1 aromatic heterocycles. The topological polar surface area (TPSA) is 63.8 Å². The van der Waals surface area contributed by atoms with Gasteiger partial charge in [-0.2, -0.15) is 5.10 Å². The van der Waals surface area contributed by atoms with Crippen molar-refractivity contribution in [2.75, 3.05) is 6.61 Å². The largest absolute Gasteiger partial charge is 0.483 e. The first kappa shape index (κ1) is 18.5. The second kappa shape index (κ2) is 7.83. The Morgan fingerprint density at radius 3 is 2.71 bits per heavy atom. The number of carbonyl (C=O) groups is 1. The molecule has 0 fully saturated rings. The Bertz CT molecular complexity index is 745. The first-order valence-electron chi connectivity index (χ1n) is 7.57. The van der Waals surface area contributed by atoms with Gasteiger partial charge in [-0.15, -0.1) is 0 Å². The minimum atomic E-state index is -0.326. The third-order valence-corrected chi connectivity index (χ3v) is 3.86. The zero-order valence-electron chi connectivity index (χ0n) is 14.2. The third kappa shape index (κ3) is 5.36. The van der Waals surface area contributed by atoms with Gasteiger partial charge in [0, 0.05) is 0 Å². The minimum absolute atomic E-state index is 0.0631. The summed E-state index contributed by atoms with van der Waals surface area (Å²) in [5.41, 5.74) is 4.59. The number of furan rings is 1. The van der Waals surface area contributed by atoms with Crippen molar-refractivity contribution in [3.05, 3.63) is 51.0 Å². The summed E-state index contributed by atoms with van der Waals surface area (Å²) >= 11 is 2.06. The van der Waals surface area contributed by atoms with Crippen LogP contribution in [0.3, 0.4) is 0 Å². The molecule has 0 unspecified atom stereocenters. The zero-order valence-corrected chi connectivity index (χ0v) is 16.4. The number of amides is 1. The molecule has 1 amide bonds. The molecule has 0 bridgehead atoms. The highest BCUT2D eigenvalue weighted by atomic mass is 127. The number of nitrogens with zero attached hydrogens (tertiary/aromatic N) is 1. The standard InChI is InChI=1S/C18H21IN2O3/c1-12-5-7-15(14(9-12)18(2,3)4)23-11-17(22)21-20-10-13-6-8-16(19)24-13/h5-10H,11H2,1-4H3,(H,21,22)/b20-10+. The molecule has 0 aliphatic carbocycles. The van der Waals surface area contributed by atoms with Crippen LogP contribution in [-0.4, -0.2) is 18.7 Å². The quantitative estimate of drug-likeness (QED) is 0.434. The molecule has 5 nitrogen and oxygen atoms in total. The summed E-state index contributed by atoms with van der Waals surface area (Å²) in [5, 5.41) is 3.85. The first-order chi connectivity index (χ1) is 11.3. The number of carbonyl (C=O) groups excluding carboxylic acids is 1. The maximum atomic E-state index is 11.9. The van der Waals surface area contributed by atoms with Crippen LogP contribution in [0.15, 0.2) is 39.9 Å². The molecule has 0 spiro atoms. The van der Waals surface area contributed by atoms with Crippen LogP contribution in [0.5, 0.6) is 5.75 Å². The van der Waals surface area contributed by atoms with Crippen molar-refractivity contribution in [2.45, 2.75) is 33.1 Å². The lowest BCUT2D eigenvalue weighted by Gasteiger charge is -2.23. The van der Waals surface area contributed by atoms with E-state index in [1.54, 1.807) is 6.07 Å². The molecule has 0 aliphatic heterocycles. The molecule has 0 aliphatic rings. The van der Waals surface area contributed by atoms with E-state index in [1.165, 1.54) is 6.21 Å². The van der Waals surface area contributed by atoms with E-state index in [9.17, 15) is 4.79 Å². The Kier molecular flexibility index (Phi) is 6.04. The molecule has 6 heteroatoms. The van der Waals surface area contributed by atoms with Crippen molar-refractivity contribution in [1.82, 2.24) is 5.43 Å². The SMILES string of the molecule is Cc1ccc(OCC(=O)N/N=C/c2ccc(I)o2)c(C(C)(C)C)c1. The van der Waals surface area contributed by atoms with Gasteiger partial charge in [-0.25, -0.2) is 5.43 Å². The predicted octanol–water partition coefficient (Wildman–Crippen LogP) is 4.02. The summed E-state index contributed by atoms with van der Waals surface area (Å²) in [6.45, 7) is 8.28. The molecule has 0 radical (unpaired) electrons. The Labute approximate surface area is 155 Å². The maximum absolute atomic E-state index is 11.9.